The van der Waals surface area contributed by atoms with Crippen molar-refractivity contribution in [2.75, 3.05) is 39.3 Å². The minimum atomic E-state index is -0.300. The summed E-state index contributed by atoms with van der Waals surface area (Å²) in [4.78, 5) is 14.4. The zero-order valence-corrected chi connectivity index (χ0v) is 16.5. The van der Waals surface area contributed by atoms with E-state index >= 15 is 0 Å². The van der Waals surface area contributed by atoms with Gasteiger partial charge in [-0.1, -0.05) is 30.3 Å². The van der Waals surface area contributed by atoms with E-state index in [4.69, 9.17) is 10.5 Å². The van der Waals surface area contributed by atoms with Crippen LogP contribution in [0.5, 0.6) is 5.75 Å². The van der Waals surface area contributed by atoms with Gasteiger partial charge >= 0.3 is 0 Å². The van der Waals surface area contributed by atoms with Gasteiger partial charge in [-0.2, -0.15) is 0 Å². The number of hydrogen-bond donors (Lipinski definition) is 2. The van der Waals surface area contributed by atoms with Gasteiger partial charge < -0.3 is 15.8 Å². The molecule has 2 aromatic rings. The number of carbonyl (C=O) groups excluding carboxylic acids is 1. The Hall–Kier alpha value is -2.15. The fourth-order valence-electron chi connectivity index (χ4n) is 3.56. The Morgan fingerprint density at radius 3 is 2.54 bits per heavy atom. The van der Waals surface area contributed by atoms with Crippen molar-refractivity contribution < 1.29 is 13.9 Å². The molecule has 152 valence electrons. The van der Waals surface area contributed by atoms with Gasteiger partial charge in [-0.3, -0.25) is 9.69 Å². The van der Waals surface area contributed by atoms with Crippen molar-refractivity contribution in [3.63, 3.8) is 0 Å². The van der Waals surface area contributed by atoms with Gasteiger partial charge in [-0.25, -0.2) is 4.39 Å². The number of ether oxygens (including phenoxy) is 1. The number of nitrogens with zero attached hydrogens (tertiary/aromatic N) is 1. The van der Waals surface area contributed by atoms with Gasteiger partial charge in [0, 0.05) is 19.0 Å². The van der Waals surface area contributed by atoms with Crippen LogP contribution in [0, 0.1) is 11.7 Å². The monoisotopic (exact) mass is 407 g/mol. The summed E-state index contributed by atoms with van der Waals surface area (Å²) >= 11 is 0. The quantitative estimate of drug-likeness (QED) is 0.659. The van der Waals surface area contributed by atoms with E-state index in [1.165, 1.54) is 17.7 Å². The van der Waals surface area contributed by atoms with Crippen LogP contribution in [0.2, 0.25) is 0 Å². The number of nitrogens with one attached hydrogen (secondary N) is 1. The molecule has 5 nitrogen and oxygen atoms in total. The Kier molecular flexibility index (Phi) is 8.70. The van der Waals surface area contributed by atoms with Gasteiger partial charge in [-0.15, -0.1) is 12.4 Å². The van der Waals surface area contributed by atoms with E-state index in [-0.39, 0.29) is 24.1 Å². The van der Waals surface area contributed by atoms with E-state index in [0.717, 1.165) is 13.1 Å². The van der Waals surface area contributed by atoms with Crippen LogP contribution in [0.3, 0.4) is 0 Å². The first-order chi connectivity index (χ1) is 13.2. The fraction of sp³-hybridized carbons (Fsp3) is 0.381. The summed E-state index contributed by atoms with van der Waals surface area (Å²) in [7, 11) is 0. The van der Waals surface area contributed by atoms with Crippen molar-refractivity contribution in [1.29, 1.82) is 0 Å². The third-order valence-corrected chi connectivity index (χ3v) is 4.92. The summed E-state index contributed by atoms with van der Waals surface area (Å²) in [6.45, 7) is 3.39. The smallest absolute Gasteiger partial charge is 0.234 e. The number of benzene rings is 2. The third kappa shape index (κ3) is 6.19. The maximum absolute atomic E-state index is 12.8. The molecule has 2 aromatic carbocycles. The number of halogens is 2. The number of rotatable bonds is 8. The molecule has 0 radical (unpaired) electrons. The Morgan fingerprint density at radius 2 is 1.86 bits per heavy atom. The van der Waals surface area contributed by atoms with Crippen LogP contribution in [-0.2, 0) is 4.79 Å². The van der Waals surface area contributed by atoms with Crippen LogP contribution in [0.4, 0.5) is 4.39 Å². The van der Waals surface area contributed by atoms with E-state index in [0.29, 0.717) is 43.8 Å². The summed E-state index contributed by atoms with van der Waals surface area (Å²) < 4.78 is 18.3. The average molecular weight is 408 g/mol. The number of amides is 1. The molecule has 1 heterocycles. The van der Waals surface area contributed by atoms with Gasteiger partial charge in [0.1, 0.15) is 18.2 Å². The fourth-order valence-corrected chi connectivity index (χ4v) is 3.56. The Balaban J connectivity index is 0.00000280. The van der Waals surface area contributed by atoms with Gasteiger partial charge in [-0.05, 0) is 42.3 Å². The largest absolute Gasteiger partial charge is 0.492 e. The normalized spacial score (nSPS) is 19.1. The molecule has 1 aliphatic rings. The van der Waals surface area contributed by atoms with Crippen LogP contribution < -0.4 is 15.8 Å². The van der Waals surface area contributed by atoms with Gasteiger partial charge in [0.05, 0.1) is 13.1 Å². The maximum atomic E-state index is 12.8. The van der Waals surface area contributed by atoms with E-state index in [2.05, 4.69) is 22.3 Å². The van der Waals surface area contributed by atoms with Gasteiger partial charge in [0.25, 0.3) is 0 Å². The Bertz CT molecular complexity index is 730. The molecule has 0 unspecified atom stereocenters. The summed E-state index contributed by atoms with van der Waals surface area (Å²) in [6.07, 6.45) is 0. The molecule has 0 aromatic heterocycles. The van der Waals surface area contributed by atoms with E-state index in [9.17, 15) is 9.18 Å². The van der Waals surface area contributed by atoms with E-state index in [1.54, 1.807) is 12.1 Å². The van der Waals surface area contributed by atoms with Crippen molar-refractivity contribution >= 4 is 18.3 Å². The molecule has 7 heteroatoms. The molecule has 28 heavy (non-hydrogen) atoms. The highest BCUT2D eigenvalue weighted by Crippen LogP contribution is 2.31. The molecule has 0 saturated carbocycles. The van der Waals surface area contributed by atoms with Crippen LogP contribution in [0.25, 0.3) is 0 Å². The molecule has 1 amide bonds. The lowest BCUT2D eigenvalue weighted by Gasteiger charge is -2.16. The highest BCUT2D eigenvalue weighted by molar-refractivity contribution is 5.85. The second-order valence-electron chi connectivity index (χ2n) is 6.86. The molecule has 0 spiro atoms. The second-order valence-corrected chi connectivity index (χ2v) is 6.86. The lowest BCUT2D eigenvalue weighted by atomic mass is 9.89. The predicted octanol–water partition coefficient (Wildman–Crippen LogP) is 2.42. The molecule has 2 atom stereocenters. The summed E-state index contributed by atoms with van der Waals surface area (Å²) in [5.74, 6) is 0.988. The first-order valence-corrected chi connectivity index (χ1v) is 9.28. The number of hydrogen-bond acceptors (Lipinski definition) is 4. The predicted molar refractivity (Wildman–Crippen MR) is 110 cm³/mol. The molecular formula is C21H27ClFN3O2. The Labute approximate surface area is 171 Å². The zero-order chi connectivity index (χ0) is 19.1. The third-order valence-electron chi connectivity index (χ3n) is 4.92. The standard InChI is InChI=1S/C21H26FN3O2.ClH/c22-18-6-8-19(9-7-18)27-11-10-24-21(26)15-25-13-17(12-23)20(14-25)16-4-2-1-3-5-16;/h1-9,17,20H,10-15,23H2,(H,24,26);1H/t17-,20+;/m1./s1. The molecule has 1 aliphatic heterocycles. The highest BCUT2D eigenvalue weighted by atomic mass is 35.5. The van der Waals surface area contributed by atoms with Crippen LogP contribution in [0.15, 0.2) is 54.6 Å². The zero-order valence-electron chi connectivity index (χ0n) is 15.7. The van der Waals surface area contributed by atoms with Crippen molar-refractivity contribution in [1.82, 2.24) is 10.2 Å². The van der Waals surface area contributed by atoms with Crippen molar-refractivity contribution in [2.45, 2.75) is 5.92 Å². The van der Waals surface area contributed by atoms with Crippen molar-refractivity contribution in [3.8, 4) is 5.75 Å². The minimum absolute atomic E-state index is 0. The second kappa shape index (κ2) is 11.0. The first-order valence-electron chi connectivity index (χ1n) is 9.28. The van der Waals surface area contributed by atoms with Crippen LogP contribution in [0.1, 0.15) is 11.5 Å². The van der Waals surface area contributed by atoms with Crippen molar-refractivity contribution in [2.24, 2.45) is 11.7 Å². The Morgan fingerprint density at radius 1 is 1.14 bits per heavy atom. The van der Waals surface area contributed by atoms with E-state index in [1.807, 2.05) is 18.2 Å². The summed E-state index contributed by atoms with van der Waals surface area (Å²) in [5, 5.41) is 2.87. The molecule has 0 aliphatic carbocycles. The SMILES string of the molecule is Cl.NC[C@@H]1CN(CC(=O)NCCOc2ccc(F)cc2)C[C@H]1c1ccccc1. The topological polar surface area (TPSA) is 67.6 Å². The molecule has 1 saturated heterocycles. The molecule has 0 bridgehead atoms. The number of likely N-dealkylation sites (tertiary alicyclic amines) is 1. The number of nitrogens with two attached hydrogens (primary N) is 1. The van der Waals surface area contributed by atoms with Crippen LogP contribution in [-0.4, -0.2) is 50.1 Å². The molecule has 3 N–H and O–H groups in total. The summed E-state index contributed by atoms with van der Waals surface area (Å²) in [5.41, 5.74) is 7.23. The summed E-state index contributed by atoms with van der Waals surface area (Å²) in [6, 6.07) is 16.2. The molecule has 3 rings (SSSR count). The van der Waals surface area contributed by atoms with Crippen molar-refractivity contribution in [3.05, 3.63) is 66.0 Å². The lowest BCUT2D eigenvalue weighted by Crippen LogP contribution is -2.38. The van der Waals surface area contributed by atoms with E-state index < -0.39 is 0 Å². The number of carbonyl (C=O) groups is 1. The maximum Gasteiger partial charge on any atom is 0.234 e. The van der Waals surface area contributed by atoms with Gasteiger partial charge in [0.2, 0.25) is 5.91 Å². The minimum Gasteiger partial charge on any atom is -0.492 e. The first kappa shape index (κ1) is 22.1. The molecular weight excluding hydrogens is 381 g/mol. The van der Waals surface area contributed by atoms with Crippen LogP contribution >= 0.6 is 12.4 Å². The lowest BCUT2D eigenvalue weighted by molar-refractivity contribution is -0.122. The molecule has 1 fully saturated rings. The highest BCUT2D eigenvalue weighted by Gasteiger charge is 2.33. The van der Waals surface area contributed by atoms with Gasteiger partial charge in [0.15, 0.2) is 0 Å². The average Bonchev–Trinajstić information content (AvgIpc) is 3.10.